The Morgan fingerprint density at radius 2 is 2.08 bits per heavy atom. The minimum Gasteiger partial charge on any atom is -0.497 e. The van der Waals surface area contributed by atoms with Gasteiger partial charge in [-0.3, -0.25) is 9.20 Å². The summed E-state index contributed by atoms with van der Waals surface area (Å²) in [6.45, 7) is 1.87. The average molecular weight is 350 g/mol. The van der Waals surface area contributed by atoms with Crippen LogP contribution in [0, 0.1) is 0 Å². The van der Waals surface area contributed by atoms with E-state index in [1.54, 1.807) is 13.2 Å². The molecule has 0 aliphatic rings. The van der Waals surface area contributed by atoms with Crippen molar-refractivity contribution in [2.45, 2.75) is 13.3 Å². The molecule has 3 aromatic rings. The summed E-state index contributed by atoms with van der Waals surface area (Å²) in [6, 6.07) is 10.5. The van der Waals surface area contributed by atoms with E-state index in [9.17, 15) is 9.59 Å². The van der Waals surface area contributed by atoms with Gasteiger partial charge in [0.15, 0.2) is 0 Å². The lowest BCUT2D eigenvalue weighted by Gasteiger charge is -2.08. The summed E-state index contributed by atoms with van der Waals surface area (Å²) in [5.41, 5.74) is 2.22. The molecule has 26 heavy (non-hydrogen) atoms. The molecule has 0 saturated heterocycles. The van der Waals surface area contributed by atoms with Crippen molar-refractivity contribution < 1.29 is 14.6 Å². The summed E-state index contributed by atoms with van der Waals surface area (Å²) < 4.78 is 6.49. The van der Waals surface area contributed by atoms with Gasteiger partial charge in [0.1, 0.15) is 11.4 Å². The van der Waals surface area contributed by atoms with Gasteiger partial charge in [0.2, 0.25) is 0 Å². The molecule has 0 bridgehead atoms. The van der Waals surface area contributed by atoms with Crippen LogP contribution in [-0.2, 0) is 6.42 Å². The van der Waals surface area contributed by atoms with Crippen LogP contribution in [0.25, 0.3) is 17.8 Å². The van der Waals surface area contributed by atoms with Crippen LogP contribution >= 0.6 is 0 Å². The predicted molar refractivity (Wildman–Crippen MR) is 99.7 cm³/mol. The van der Waals surface area contributed by atoms with Gasteiger partial charge in [-0.25, -0.2) is 9.78 Å². The minimum absolute atomic E-state index is 0.0446. The van der Waals surface area contributed by atoms with Crippen molar-refractivity contribution in [2.75, 3.05) is 7.11 Å². The van der Waals surface area contributed by atoms with E-state index in [-0.39, 0.29) is 11.1 Å². The molecule has 0 saturated carbocycles. The number of pyridine rings is 1. The fourth-order valence-corrected chi connectivity index (χ4v) is 2.71. The fraction of sp³-hybridized carbons (Fsp3) is 0.150. The summed E-state index contributed by atoms with van der Waals surface area (Å²) in [5.74, 6) is -0.338. The Kier molecular flexibility index (Phi) is 4.84. The first-order chi connectivity index (χ1) is 12.5. The number of carboxylic acid groups (broad SMARTS) is 1. The summed E-state index contributed by atoms with van der Waals surface area (Å²) in [4.78, 5) is 28.4. The molecule has 1 aromatic carbocycles. The fourth-order valence-electron chi connectivity index (χ4n) is 2.71. The summed E-state index contributed by atoms with van der Waals surface area (Å²) in [7, 11) is 1.61. The largest absolute Gasteiger partial charge is 0.497 e. The van der Waals surface area contributed by atoms with Gasteiger partial charge in [0, 0.05) is 11.8 Å². The third kappa shape index (κ3) is 3.35. The third-order valence-corrected chi connectivity index (χ3v) is 4.08. The lowest BCUT2D eigenvalue weighted by molar-refractivity contribution is 0.0696. The average Bonchev–Trinajstić information content (AvgIpc) is 2.66. The first-order valence-corrected chi connectivity index (χ1v) is 8.14. The molecule has 0 aliphatic carbocycles. The molecule has 0 atom stereocenters. The Morgan fingerprint density at radius 3 is 2.77 bits per heavy atom. The van der Waals surface area contributed by atoms with Crippen LogP contribution in [0.1, 0.15) is 34.1 Å². The van der Waals surface area contributed by atoms with Gasteiger partial charge in [-0.1, -0.05) is 25.1 Å². The van der Waals surface area contributed by atoms with Crippen LogP contribution in [0.2, 0.25) is 0 Å². The normalized spacial score (nSPS) is 11.2. The zero-order valence-electron chi connectivity index (χ0n) is 14.5. The quantitative estimate of drug-likeness (QED) is 0.764. The molecular weight excluding hydrogens is 332 g/mol. The highest BCUT2D eigenvalue weighted by molar-refractivity contribution is 5.87. The van der Waals surface area contributed by atoms with Crippen molar-refractivity contribution in [3.05, 3.63) is 75.3 Å². The van der Waals surface area contributed by atoms with Gasteiger partial charge in [-0.2, -0.15) is 0 Å². The van der Waals surface area contributed by atoms with Gasteiger partial charge in [0.25, 0.3) is 5.56 Å². The molecule has 2 aromatic heterocycles. The Morgan fingerprint density at radius 1 is 1.27 bits per heavy atom. The number of fused-ring (bicyclic) bond motifs is 1. The highest BCUT2D eigenvalue weighted by Gasteiger charge is 2.11. The van der Waals surface area contributed by atoms with Crippen LogP contribution in [0.15, 0.2) is 47.4 Å². The number of carboxylic acids is 1. The topological polar surface area (TPSA) is 80.9 Å². The van der Waals surface area contributed by atoms with Crippen molar-refractivity contribution in [2.24, 2.45) is 0 Å². The van der Waals surface area contributed by atoms with Gasteiger partial charge < -0.3 is 9.84 Å². The number of rotatable bonds is 5. The Labute approximate surface area is 150 Å². The lowest BCUT2D eigenvalue weighted by Crippen LogP contribution is -2.22. The molecule has 0 unspecified atom stereocenters. The highest BCUT2D eigenvalue weighted by Crippen LogP contribution is 2.16. The van der Waals surface area contributed by atoms with Gasteiger partial charge in [-0.05, 0) is 42.3 Å². The maximum Gasteiger partial charge on any atom is 0.337 e. The molecule has 0 amide bonds. The molecule has 0 fully saturated rings. The Hall–Kier alpha value is -3.41. The molecule has 6 nitrogen and oxygen atoms in total. The second kappa shape index (κ2) is 7.23. The van der Waals surface area contributed by atoms with E-state index in [0.29, 0.717) is 23.3 Å². The van der Waals surface area contributed by atoms with Gasteiger partial charge in [0.05, 0.1) is 18.4 Å². The van der Waals surface area contributed by atoms with Crippen molar-refractivity contribution in [3.63, 3.8) is 0 Å². The highest BCUT2D eigenvalue weighted by atomic mass is 16.5. The second-order valence-corrected chi connectivity index (χ2v) is 5.70. The smallest absolute Gasteiger partial charge is 0.337 e. The standard InChI is InChI=1S/C20H18N2O4/c1-3-16-17(9-7-13-5-4-6-15(11-13)26-2)21-18-10-8-14(20(24)25)12-22(18)19(16)23/h4-12H,3H2,1-2H3,(H,24,25)/b9-7+. The maximum atomic E-state index is 12.7. The summed E-state index contributed by atoms with van der Waals surface area (Å²) in [5, 5.41) is 9.11. The van der Waals surface area contributed by atoms with Crippen molar-refractivity contribution >= 4 is 23.8 Å². The molecule has 132 valence electrons. The number of benzene rings is 1. The van der Waals surface area contributed by atoms with E-state index in [4.69, 9.17) is 9.84 Å². The number of aromatic carboxylic acids is 1. The van der Waals surface area contributed by atoms with E-state index in [2.05, 4.69) is 4.98 Å². The lowest BCUT2D eigenvalue weighted by atomic mass is 10.1. The van der Waals surface area contributed by atoms with E-state index >= 15 is 0 Å². The first kappa shape index (κ1) is 17.4. The van der Waals surface area contributed by atoms with Crippen LogP contribution in [0.5, 0.6) is 5.75 Å². The van der Waals surface area contributed by atoms with Crippen LogP contribution in [-0.4, -0.2) is 27.6 Å². The van der Waals surface area contributed by atoms with E-state index in [1.165, 1.54) is 22.7 Å². The first-order valence-electron chi connectivity index (χ1n) is 8.14. The molecule has 0 radical (unpaired) electrons. The number of carbonyl (C=O) groups is 1. The Balaban J connectivity index is 2.10. The molecule has 3 rings (SSSR count). The summed E-state index contributed by atoms with van der Waals surface area (Å²) in [6.07, 6.45) is 5.46. The van der Waals surface area contributed by atoms with E-state index < -0.39 is 5.97 Å². The third-order valence-electron chi connectivity index (χ3n) is 4.08. The number of ether oxygens (including phenoxy) is 1. The minimum atomic E-state index is -1.08. The summed E-state index contributed by atoms with van der Waals surface area (Å²) >= 11 is 0. The molecule has 0 aliphatic heterocycles. The molecule has 6 heteroatoms. The van der Waals surface area contributed by atoms with E-state index in [0.717, 1.165) is 11.3 Å². The van der Waals surface area contributed by atoms with E-state index in [1.807, 2.05) is 37.3 Å². The van der Waals surface area contributed by atoms with Crippen LogP contribution in [0.3, 0.4) is 0 Å². The molecule has 2 heterocycles. The van der Waals surface area contributed by atoms with Crippen molar-refractivity contribution in [1.82, 2.24) is 9.38 Å². The monoisotopic (exact) mass is 350 g/mol. The van der Waals surface area contributed by atoms with Crippen LogP contribution in [0.4, 0.5) is 0 Å². The number of hydrogen-bond acceptors (Lipinski definition) is 4. The van der Waals surface area contributed by atoms with Gasteiger partial charge >= 0.3 is 5.97 Å². The number of aromatic nitrogens is 2. The molecular formula is C20H18N2O4. The molecule has 1 N–H and O–H groups in total. The molecule has 0 spiro atoms. The second-order valence-electron chi connectivity index (χ2n) is 5.70. The van der Waals surface area contributed by atoms with Crippen LogP contribution < -0.4 is 10.3 Å². The van der Waals surface area contributed by atoms with Gasteiger partial charge in [-0.15, -0.1) is 0 Å². The van der Waals surface area contributed by atoms with Crippen molar-refractivity contribution in [3.8, 4) is 5.75 Å². The number of methoxy groups -OCH3 is 1. The predicted octanol–water partition coefficient (Wildman–Crippen LogP) is 3.13. The SMILES string of the molecule is CCc1c(/C=C/c2cccc(OC)c2)nc2ccc(C(=O)O)cn2c1=O. The van der Waals surface area contributed by atoms with Crippen molar-refractivity contribution in [1.29, 1.82) is 0 Å². The number of hydrogen-bond donors (Lipinski definition) is 1. The Bertz CT molecular complexity index is 1070. The zero-order valence-corrected chi connectivity index (χ0v) is 14.5. The maximum absolute atomic E-state index is 12.7. The zero-order chi connectivity index (χ0) is 18.7. The number of nitrogens with zero attached hydrogens (tertiary/aromatic N) is 2.